The van der Waals surface area contributed by atoms with E-state index in [1.807, 2.05) is 0 Å². The van der Waals surface area contributed by atoms with Crippen molar-refractivity contribution in [2.24, 2.45) is 5.89 Å². The molecule has 0 saturated heterocycles. The first kappa shape index (κ1) is 4.60. The summed E-state index contributed by atoms with van der Waals surface area (Å²) in [7, 11) is 0. The number of hydrogen-bond donors (Lipinski definition) is 0. The summed E-state index contributed by atoms with van der Waals surface area (Å²) in [6.45, 7) is 3.67. The van der Waals surface area contributed by atoms with Crippen molar-refractivity contribution in [3.8, 4) is 0 Å². The van der Waals surface area contributed by atoms with Crippen LogP contribution in [0.2, 0.25) is 0 Å². The van der Waals surface area contributed by atoms with Gasteiger partial charge in [-0.05, 0) is 18.7 Å². The van der Waals surface area contributed by atoms with E-state index in [-0.39, 0.29) is 5.89 Å². The molecule has 0 N–H and O–H groups in total. The zero-order chi connectivity index (χ0) is 6.74. The van der Waals surface area contributed by atoms with Crippen LogP contribution in [0, 0.1) is 5.89 Å². The Morgan fingerprint density at radius 2 is 2.00 bits per heavy atom. The molecule has 0 atom stereocenters. The standard InChI is InChI=1S/C8H14/c1-2-8-6-4-3-5-7-8/h2,8H,1,3-7H2/i8D. The summed E-state index contributed by atoms with van der Waals surface area (Å²) in [5.74, 6) is -0.266. The highest BCUT2D eigenvalue weighted by molar-refractivity contribution is 4.80. The molecule has 0 aromatic carbocycles. The van der Waals surface area contributed by atoms with E-state index in [2.05, 4.69) is 6.58 Å². The maximum Gasteiger partial charge on any atom is 0.0346 e. The molecular weight excluding hydrogens is 96.1 g/mol. The van der Waals surface area contributed by atoms with E-state index < -0.39 is 0 Å². The number of hydrogen-bond acceptors (Lipinski definition) is 0. The Hall–Kier alpha value is -0.260. The Balaban J connectivity index is 2.46. The van der Waals surface area contributed by atoms with Gasteiger partial charge in [-0.3, -0.25) is 0 Å². The second-order valence-corrected chi connectivity index (χ2v) is 2.42. The van der Waals surface area contributed by atoms with Crippen LogP contribution in [0.1, 0.15) is 33.5 Å². The molecule has 0 nitrogen and oxygen atoms in total. The normalized spacial score (nSPS) is 28.8. The average molecular weight is 111 g/mol. The van der Waals surface area contributed by atoms with Gasteiger partial charge in [0.25, 0.3) is 0 Å². The van der Waals surface area contributed by atoms with E-state index in [0.29, 0.717) is 0 Å². The molecule has 0 aliphatic heterocycles. The van der Waals surface area contributed by atoms with Gasteiger partial charge in [-0.2, -0.15) is 0 Å². The highest BCUT2D eigenvalue weighted by Gasteiger charge is 2.07. The molecular formula is C8H14. The molecule has 0 amide bonds. The molecule has 0 spiro atoms. The summed E-state index contributed by atoms with van der Waals surface area (Å²) in [5, 5.41) is 0. The molecule has 0 aromatic rings. The third kappa shape index (κ3) is 1.36. The zero-order valence-electron chi connectivity index (χ0n) is 6.32. The molecule has 0 unspecified atom stereocenters. The molecule has 8 heavy (non-hydrogen) atoms. The topological polar surface area (TPSA) is 0 Å². The monoisotopic (exact) mass is 111 g/mol. The predicted molar refractivity (Wildman–Crippen MR) is 36.8 cm³/mol. The van der Waals surface area contributed by atoms with Crippen molar-refractivity contribution in [3.05, 3.63) is 12.7 Å². The van der Waals surface area contributed by atoms with E-state index in [1.165, 1.54) is 19.3 Å². The first-order chi connectivity index (χ1) is 4.27. The van der Waals surface area contributed by atoms with Crippen LogP contribution in [0.3, 0.4) is 0 Å². The summed E-state index contributed by atoms with van der Waals surface area (Å²) >= 11 is 0. The van der Waals surface area contributed by atoms with E-state index >= 15 is 0 Å². The van der Waals surface area contributed by atoms with Crippen LogP contribution in [0.25, 0.3) is 0 Å². The SMILES string of the molecule is [2H]C1(C=C)CCCCC1. The van der Waals surface area contributed by atoms with Crippen molar-refractivity contribution in [3.63, 3.8) is 0 Å². The minimum atomic E-state index is -0.266. The van der Waals surface area contributed by atoms with Crippen molar-refractivity contribution < 1.29 is 1.37 Å². The van der Waals surface area contributed by atoms with Crippen molar-refractivity contribution in [1.82, 2.24) is 0 Å². The molecule has 46 valence electrons. The second-order valence-electron chi connectivity index (χ2n) is 2.42. The summed E-state index contributed by atoms with van der Waals surface area (Å²) in [5.41, 5.74) is 0. The van der Waals surface area contributed by atoms with Crippen LogP contribution in [0.4, 0.5) is 0 Å². The van der Waals surface area contributed by atoms with Crippen LogP contribution >= 0.6 is 0 Å². The molecule has 0 aromatic heterocycles. The van der Waals surface area contributed by atoms with Gasteiger partial charge in [-0.25, -0.2) is 0 Å². The lowest BCUT2D eigenvalue weighted by atomic mass is 9.90. The minimum absolute atomic E-state index is 0.266. The van der Waals surface area contributed by atoms with Gasteiger partial charge in [0.1, 0.15) is 0 Å². The smallest absolute Gasteiger partial charge is 0.0346 e. The second kappa shape index (κ2) is 2.91. The van der Waals surface area contributed by atoms with Crippen LogP contribution in [0.5, 0.6) is 0 Å². The Morgan fingerprint density at radius 3 is 2.38 bits per heavy atom. The van der Waals surface area contributed by atoms with E-state index in [0.717, 1.165) is 12.8 Å². The Bertz CT molecular complexity index is 101. The Kier molecular flexibility index (Phi) is 1.67. The maximum absolute atomic E-state index is 7.75. The van der Waals surface area contributed by atoms with Crippen molar-refractivity contribution in [2.45, 2.75) is 32.1 Å². The third-order valence-corrected chi connectivity index (χ3v) is 1.78. The predicted octanol–water partition coefficient (Wildman–Crippen LogP) is 2.75. The summed E-state index contributed by atoms with van der Waals surface area (Å²) in [6.07, 6.45) is 7.60. The highest BCUT2D eigenvalue weighted by Crippen LogP contribution is 2.23. The maximum atomic E-state index is 7.75. The quantitative estimate of drug-likeness (QED) is 0.456. The van der Waals surface area contributed by atoms with Gasteiger partial charge in [0.2, 0.25) is 0 Å². The van der Waals surface area contributed by atoms with E-state index in [1.54, 1.807) is 6.08 Å². The number of allylic oxidation sites excluding steroid dienone is 1. The first-order valence-corrected chi connectivity index (χ1v) is 3.40. The fourth-order valence-electron chi connectivity index (χ4n) is 1.21. The minimum Gasteiger partial charge on any atom is -0.103 e. The van der Waals surface area contributed by atoms with Gasteiger partial charge in [0, 0.05) is 1.37 Å². The van der Waals surface area contributed by atoms with Gasteiger partial charge in [0.05, 0.1) is 0 Å². The third-order valence-electron chi connectivity index (χ3n) is 1.78. The average Bonchev–Trinajstić information content (AvgIpc) is 1.90. The van der Waals surface area contributed by atoms with Crippen molar-refractivity contribution >= 4 is 0 Å². The fraction of sp³-hybridized carbons (Fsp3) is 0.750. The molecule has 0 heterocycles. The largest absolute Gasteiger partial charge is 0.103 e. The zero-order valence-corrected chi connectivity index (χ0v) is 5.32. The summed E-state index contributed by atoms with van der Waals surface area (Å²) in [6, 6.07) is 0. The molecule has 0 radical (unpaired) electrons. The lowest BCUT2D eigenvalue weighted by molar-refractivity contribution is 0.420. The molecule has 1 rings (SSSR count). The highest BCUT2D eigenvalue weighted by atomic mass is 14.1. The van der Waals surface area contributed by atoms with Crippen LogP contribution in [-0.4, -0.2) is 0 Å². The Morgan fingerprint density at radius 1 is 1.38 bits per heavy atom. The van der Waals surface area contributed by atoms with Crippen LogP contribution in [0.15, 0.2) is 12.7 Å². The van der Waals surface area contributed by atoms with E-state index in [4.69, 9.17) is 1.37 Å². The van der Waals surface area contributed by atoms with Crippen LogP contribution in [-0.2, 0) is 0 Å². The summed E-state index contributed by atoms with van der Waals surface area (Å²) in [4.78, 5) is 0. The number of rotatable bonds is 1. The molecule has 0 bridgehead atoms. The fourth-order valence-corrected chi connectivity index (χ4v) is 1.21. The van der Waals surface area contributed by atoms with Gasteiger partial charge in [-0.1, -0.05) is 25.3 Å². The van der Waals surface area contributed by atoms with Gasteiger partial charge < -0.3 is 0 Å². The van der Waals surface area contributed by atoms with Crippen molar-refractivity contribution in [2.75, 3.05) is 0 Å². The summed E-state index contributed by atoms with van der Waals surface area (Å²) < 4.78 is 7.75. The molecule has 0 heteroatoms. The molecule has 1 aliphatic carbocycles. The Labute approximate surface area is 53.0 Å². The lowest BCUT2D eigenvalue weighted by Gasteiger charge is -2.16. The van der Waals surface area contributed by atoms with Crippen LogP contribution < -0.4 is 0 Å². The lowest BCUT2D eigenvalue weighted by Crippen LogP contribution is -2.01. The van der Waals surface area contributed by atoms with Gasteiger partial charge in [0.15, 0.2) is 0 Å². The first-order valence-electron chi connectivity index (χ1n) is 3.90. The van der Waals surface area contributed by atoms with E-state index in [9.17, 15) is 0 Å². The van der Waals surface area contributed by atoms with Gasteiger partial charge >= 0.3 is 0 Å². The van der Waals surface area contributed by atoms with Crippen molar-refractivity contribution in [1.29, 1.82) is 0 Å². The van der Waals surface area contributed by atoms with Gasteiger partial charge in [-0.15, -0.1) is 6.58 Å². The molecule has 1 fully saturated rings. The molecule has 1 saturated carbocycles. The molecule has 1 aliphatic rings.